The molecule has 1 spiro atoms. The zero-order valence-corrected chi connectivity index (χ0v) is 16.9. The maximum atomic E-state index is 10.2. The molecule has 5 rings (SSSR count). The van der Waals surface area contributed by atoms with Crippen molar-refractivity contribution in [3.63, 3.8) is 0 Å². The van der Waals surface area contributed by atoms with E-state index in [1.54, 1.807) is 7.11 Å². The monoisotopic (exact) mass is 376 g/mol. The van der Waals surface area contributed by atoms with Gasteiger partial charge in [0.2, 0.25) is 0 Å². The molecule has 146 valence electrons. The second-order valence-corrected chi connectivity index (χ2v) is 9.01. The lowest BCUT2D eigenvalue weighted by atomic mass is 9.56. The van der Waals surface area contributed by atoms with Gasteiger partial charge in [0, 0.05) is 12.0 Å². The topological polar surface area (TPSA) is 38.7 Å². The molecule has 2 aromatic rings. The summed E-state index contributed by atoms with van der Waals surface area (Å²) in [6.45, 7) is 4.60. The molecule has 2 aliphatic carbocycles. The van der Waals surface area contributed by atoms with E-state index in [0.29, 0.717) is 6.42 Å². The van der Waals surface area contributed by atoms with Gasteiger partial charge in [-0.05, 0) is 54.4 Å². The molecule has 0 saturated heterocycles. The van der Waals surface area contributed by atoms with E-state index in [2.05, 4.69) is 56.3 Å². The van der Waals surface area contributed by atoms with Crippen molar-refractivity contribution >= 4 is 0 Å². The van der Waals surface area contributed by atoms with Gasteiger partial charge in [-0.1, -0.05) is 49.4 Å². The summed E-state index contributed by atoms with van der Waals surface area (Å²) in [5.41, 5.74) is 5.28. The molecular weight excluding hydrogens is 348 g/mol. The summed E-state index contributed by atoms with van der Waals surface area (Å²) in [5.74, 6) is 1.71. The van der Waals surface area contributed by atoms with Crippen molar-refractivity contribution in [1.29, 1.82) is 0 Å². The first-order valence-electron chi connectivity index (χ1n) is 10.3. The number of aliphatic hydroxyl groups is 1. The van der Waals surface area contributed by atoms with E-state index in [9.17, 15) is 5.11 Å². The summed E-state index contributed by atoms with van der Waals surface area (Å²) in [6, 6.07) is 12.9. The summed E-state index contributed by atoms with van der Waals surface area (Å²) >= 11 is 0. The average Bonchev–Trinajstić information content (AvgIpc) is 3.01. The van der Waals surface area contributed by atoms with Crippen LogP contribution >= 0.6 is 0 Å². The van der Waals surface area contributed by atoms with Crippen molar-refractivity contribution in [3.05, 3.63) is 70.8 Å². The van der Waals surface area contributed by atoms with Gasteiger partial charge in [-0.15, -0.1) is 0 Å². The Kier molecular flexibility index (Phi) is 3.89. The maximum Gasteiger partial charge on any atom is 0.166 e. The van der Waals surface area contributed by atoms with Crippen LogP contribution in [0.25, 0.3) is 0 Å². The molecule has 0 fully saturated rings. The van der Waals surface area contributed by atoms with Crippen molar-refractivity contribution in [2.75, 3.05) is 7.11 Å². The highest BCUT2D eigenvalue weighted by Gasteiger charge is 2.57. The van der Waals surface area contributed by atoms with Gasteiger partial charge in [0.15, 0.2) is 11.5 Å². The number of hydrogen-bond donors (Lipinski definition) is 1. The van der Waals surface area contributed by atoms with Gasteiger partial charge in [-0.3, -0.25) is 0 Å². The van der Waals surface area contributed by atoms with Crippen LogP contribution in [0.2, 0.25) is 0 Å². The highest BCUT2D eigenvalue weighted by atomic mass is 16.5. The standard InChI is InChI=1S/C25H28O3/c1-16-13-19(27-3)23-22-21(16)24(2,15-17-7-5-4-6-8-17)11-12-25(22)10-9-18(26)14-20(25)28-23/h4-10,13,18,20,26H,11-12,14-15H2,1-3H3/t18-,20-,24?,25+/m1/s1. The zero-order valence-electron chi connectivity index (χ0n) is 16.9. The molecule has 0 bridgehead atoms. The predicted octanol–water partition coefficient (Wildman–Crippen LogP) is 4.62. The third-order valence-electron chi connectivity index (χ3n) is 7.17. The first-order valence-corrected chi connectivity index (χ1v) is 10.3. The van der Waals surface area contributed by atoms with Crippen molar-refractivity contribution in [2.24, 2.45) is 0 Å². The molecule has 1 aliphatic heterocycles. The van der Waals surface area contributed by atoms with Crippen LogP contribution in [0.15, 0.2) is 48.6 Å². The van der Waals surface area contributed by atoms with Crippen LogP contribution in [-0.2, 0) is 17.3 Å². The Morgan fingerprint density at radius 2 is 1.96 bits per heavy atom. The Bertz CT molecular complexity index is 948. The molecule has 28 heavy (non-hydrogen) atoms. The first kappa shape index (κ1) is 17.8. The molecule has 0 aromatic heterocycles. The van der Waals surface area contributed by atoms with Gasteiger partial charge in [0.25, 0.3) is 0 Å². The van der Waals surface area contributed by atoms with Crippen LogP contribution in [0.3, 0.4) is 0 Å². The van der Waals surface area contributed by atoms with Crippen molar-refractivity contribution < 1.29 is 14.6 Å². The van der Waals surface area contributed by atoms with Gasteiger partial charge in [-0.25, -0.2) is 0 Å². The fourth-order valence-corrected chi connectivity index (χ4v) is 5.90. The lowest BCUT2D eigenvalue weighted by Crippen LogP contribution is -2.47. The molecule has 0 amide bonds. The molecule has 2 aromatic carbocycles. The van der Waals surface area contributed by atoms with E-state index in [0.717, 1.165) is 30.8 Å². The van der Waals surface area contributed by atoms with Crippen molar-refractivity contribution in [2.45, 2.75) is 62.6 Å². The third kappa shape index (κ3) is 2.39. The minimum absolute atomic E-state index is 0.0155. The summed E-state index contributed by atoms with van der Waals surface area (Å²) in [5, 5.41) is 10.2. The average molecular weight is 376 g/mol. The number of aryl methyl sites for hydroxylation is 1. The fraction of sp³-hybridized carbons (Fsp3) is 0.440. The Labute approximate surface area is 167 Å². The van der Waals surface area contributed by atoms with Crippen LogP contribution in [0.5, 0.6) is 11.5 Å². The smallest absolute Gasteiger partial charge is 0.166 e. The van der Waals surface area contributed by atoms with Crippen LogP contribution in [0.1, 0.15) is 48.4 Å². The second kappa shape index (κ2) is 6.12. The third-order valence-corrected chi connectivity index (χ3v) is 7.17. The highest BCUT2D eigenvalue weighted by Crippen LogP contribution is 2.61. The van der Waals surface area contributed by atoms with Gasteiger partial charge in [-0.2, -0.15) is 0 Å². The molecule has 1 N–H and O–H groups in total. The van der Waals surface area contributed by atoms with Gasteiger partial charge in [0.05, 0.1) is 18.6 Å². The lowest BCUT2D eigenvalue weighted by Gasteiger charge is -2.46. The van der Waals surface area contributed by atoms with E-state index in [1.807, 2.05) is 6.08 Å². The predicted molar refractivity (Wildman–Crippen MR) is 110 cm³/mol. The lowest BCUT2D eigenvalue weighted by molar-refractivity contribution is 0.0787. The molecule has 0 radical (unpaired) electrons. The summed E-state index contributed by atoms with van der Waals surface area (Å²) in [7, 11) is 1.71. The molecule has 3 nitrogen and oxygen atoms in total. The van der Waals surface area contributed by atoms with Crippen LogP contribution in [0, 0.1) is 6.92 Å². The molecule has 1 heterocycles. The van der Waals surface area contributed by atoms with Gasteiger partial charge in [0.1, 0.15) is 6.10 Å². The first-order chi connectivity index (χ1) is 13.5. The van der Waals surface area contributed by atoms with E-state index in [1.165, 1.54) is 22.3 Å². The second-order valence-electron chi connectivity index (χ2n) is 9.01. The Hall–Kier alpha value is -2.26. The fourth-order valence-electron chi connectivity index (χ4n) is 5.90. The highest BCUT2D eigenvalue weighted by molar-refractivity contribution is 5.66. The normalized spacial score (nSPS) is 32.4. The number of methoxy groups -OCH3 is 1. The molecule has 3 aliphatic rings. The largest absolute Gasteiger partial charge is 0.493 e. The Morgan fingerprint density at radius 3 is 2.71 bits per heavy atom. The van der Waals surface area contributed by atoms with Crippen LogP contribution in [-0.4, -0.2) is 24.4 Å². The van der Waals surface area contributed by atoms with Gasteiger partial charge >= 0.3 is 0 Å². The van der Waals surface area contributed by atoms with Crippen molar-refractivity contribution in [1.82, 2.24) is 0 Å². The summed E-state index contributed by atoms with van der Waals surface area (Å²) in [6.07, 6.45) is 7.54. The molecule has 0 saturated carbocycles. The number of benzene rings is 2. The van der Waals surface area contributed by atoms with E-state index < -0.39 is 6.10 Å². The molecule has 1 unspecified atom stereocenters. The molecule has 4 atom stereocenters. The Morgan fingerprint density at radius 1 is 1.18 bits per heavy atom. The van der Waals surface area contributed by atoms with Crippen molar-refractivity contribution in [3.8, 4) is 11.5 Å². The summed E-state index contributed by atoms with van der Waals surface area (Å²) < 4.78 is 12.2. The number of aliphatic hydroxyl groups excluding tert-OH is 1. The number of ether oxygens (including phenoxy) is 2. The van der Waals surface area contributed by atoms with E-state index >= 15 is 0 Å². The number of rotatable bonds is 3. The van der Waals surface area contributed by atoms with Gasteiger partial charge < -0.3 is 14.6 Å². The van der Waals surface area contributed by atoms with Crippen LogP contribution < -0.4 is 9.47 Å². The minimum Gasteiger partial charge on any atom is -0.493 e. The SMILES string of the molecule is COc1cc(C)c2c3c1O[C@@H]1C[C@H](O)C=C[C@@]31CCC2(C)Cc1ccccc1. The van der Waals surface area contributed by atoms with E-state index in [-0.39, 0.29) is 16.9 Å². The minimum atomic E-state index is -0.432. The summed E-state index contributed by atoms with van der Waals surface area (Å²) in [4.78, 5) is 0. The zero-order chi connectivity index (χ0) is 19.5. The van der Waals surface area contributed by atoms with E-state index in [4.69, 9.17) is 9.47 Å². The molecular formula is C25H28O3. The van der Waals surface area contributed by atoms with Crippen LogP contribution in [0.4, 0.5) is 0 Å². The number of hydrogen-bond acceptors (Lipinski definition) is 3. The Balaban J connectivity index is 1.72. The molecule has 3 heteroatoms. The maximum absolute atomic E-state index is 10.2. The quantitative estimate of drug-likeness (QED) is 0.795.